The number of aliphatic carboxylic acids is 1. The van der Waals surface area contributed by atoms with Crippen molar-refractivity contribution >= 4 is 5.97 Å². The molecule has 4 N–H and O–H groups in total. The number of benzene rings is 1. The summed E-state index contributed by atoms with van der Waals surface area (Å²) < 4.78 is 0. The zero-order valence-electron chi connectivity index (χ0n) is 12.3. The lowest BCUT2D eigenvalue weighted by atomic mass is 9.98. The lowest BCUT2D eigenvalue weighted by Gasteiger charge is -2.26. The van der Waals surface area contributed by atoms with Gasteiger partial charge in [0.05, 0.1) is 12.2 Å². The number of hydrogen-bond donors (Lipinski definition) is 4. The quantitative estimate of drug-likeness (QED) is 0.628. The largest absolute Gasteiger partial charge is 0.480 e. The van der Waals surface area contributed by atoms with Crippen LogP contribution < -0.4 is 5.32 Å². The molecule has 1 aromatic rings. The van der Waals surface area contributed by atoms with Gasteiger partial charge in [-0.3, -0.25) is 10.1 Å². The van der Waals surface area contributed by atoms with Gasteiger partial charge in [-0.15, -0.1) is 0 Å². The molecule has 0 aliphatic heterocycles. The average Bonchev–Trinajstić information content (AvgIpc) is 2.37. The second kappa shape index (κ2) is 6.83. The number of aryl methyl sites for hydroxylation is 2. The van der Waals surface area contributed by atoms with Crippen molar-refractivity contribution < 1.29 is 20.1 Å². The Balaban J connectivity index is 2.82. The number of aliphatic hydroxyl groups is 2. The van der Waals surface area contributed by atoms with Gasteiger partial charge in [0.1, 0.15) is 6.04 Å². The van der Waals surface area contributed by atoms with E-state index in [4.69, 9.17) is 5.11 Å². The summed E-state index contributed by atoms with van der Waals surface area (Å²) >= 11 is 0. The highest BCUT2D eigenvalue weighted by atomic mass is 16.4. The van der Waals surface area contributed by atoms with E-state index < -0.39 is 30.3 Å². The molecule has 4 atom stereocenters. The summed E-state index contributed by atoms with van der Waals surface area (Å²) in [5.74, 6) is -1.14. The number of hydrogen-bond acceptors (Lipinski definition) is 4. The number of aliphatic hydroxyl groups excluding tert-OH is 2. The Kier molecular flexibility index (Phi) is 5.68. The van der Waals surface area contributed by atoms with E-state index in [0.29, 0.717) is 0 Å². The summed E-state index contributed by atoms with van der Waals surface area (Å²) in [6, 6.07) is 4.03. The van der Waals surface area contributed by atoms with Gasteiger partial charge in [0.15, 0.2) is 0 Å². The SMILES string of the molecule is Cc1ccc(C(O)C(C)NC(C(=O)O)C(C)O)cc1C. The average molecular weight is 281 g/mol. The zero-order chi connectivity index (χ0) is 15.4. The van der Waals surface area contributed by atoms with Crippen LogP contribution in [0.4, 0.5) is 0 Å². The molecule has 0 aromatic heterocycles. The molecule has 112 valence electrons. The van der Waals surface area contributed by atoms with E-state index in [2.05, 4.69) is 5.32 Å². The van der Waals surface area contributed by atoms with Gasteiger partial charge in [-0.05, 0) is 44.4 Å². The van der Waals surface area contributed by atoms with Gasteiger partial charge >= 0.3 is 5.97 Å². The molecule has 0 saturated carbocycles. The molecule has 0 heterocycles. The third-order valence-electron chi connectivity index (χ3n) is 3.54. The molecule has 0 aliphatic carbocycles. The first-order chi connectivity index (χ1) is 9.23. The van der Waals surface area contributed by atoms with E-state index in [1.807, 2.05) is 32.0 Å². The van der Waals surface area contributed by atoms with Gasteiger partial charge in [-0.1, -0.05) is 18.2 Å². The minimum atomic E-state index is -1.14. The van der Waals surface area contributed by atoms with Gasteiger partial charge in [0, 0.05) is 6.04 Å². The highest BCUT2D eigenvalue weighted by Gasteiger charge is 2.27. The van der Waals surface area contributed by atoms with Crippen molar-refractivity contribution in [2.45, 2.75) is 52.0 Å². The fourth-order valence-corrected chi connectivity index (χ4v) is 2.03. The first-order valence-electron chi connectivity index (χ1n) is 6.66. The van der Waals surface area contributed by atoms with E-state index in [1.165, 1.54) is 6.92 Å². The third-order valence-corrected chi connectivity index (χ3v) is 3.54. The van der Waals surface area contributed by atoms with E-state index in [9.17, 15) is 15.0 Å². The van der Waals surface area contributed by atoms with E-state index >= 15 is 0 Å². The van der Waals surface area contributed by atoms with Crippen LogP contribution in [0.2, 0.25) is 0 Å². The first kappa shape index (κ1) is 16.6. The van der Waals surface area contributed by atoms with Crippen LogP contribution in [-0.2, 0) is 4.79 Å². The molecule has 0 amide bonds. The fraction of sp³-hybridized carbons (Fsp3) is 0.533. The maximum absolute atomic E-state index is 11.0. The molecule has 20 heavy (non-hydrogen) atoms. The summed E-state index contributed by atoms with van der Waals surface area (Å²) in [5, 5.41) is 31.5. The molecule has 0 spiro atoms. The molecule has 0 bridgehead atoms. The molecule has 5 nitrogen and oxygen atoms in total. The van der Waals surface area contributed by atoms with Crippen LogP contribution in [0.25, 0.3) is 0 Å². The van der Waals surface area contributed by atoms with Crippen LogP contribution in [0.3, 0.4) is 0 Å². The molecule has 0 fully saturated rings. The topological polar surface area (TPSA) is 89.8 Å². The number of nitrogens with one attached hydrogen (secondary N) is 1. The minimum Gasteiger partial charge on any atom is -0.480 e. The molecule has 0 saturated heterocycles. The predicted molar refractivity (Wildman–Crippen MR) is 76.6 cm³/mol. The molecule has 1 rings (SSSR count). The number of carboxylic acid groups (broad SMARTS) is 1. The van der Waals surface area contributed by atoms with Crippen molar-refractivity contribution in [3.05, 3.63) is 34.9 Å². The lowest BCUT2D eigenvalue weighted by Crippen LogP contribution is -2.50. The zero-order valence-corrected chi connectivity index (χ0v) is 12.3. The molecule has 4 unspecified atom stereocenters. The minimum absolute atomic E-state index is 0.493. The standard InChI is InChI=1S/C15H23NO4/c1-8-5-6-12(7-9(8)2)14(18)10(3)16-13(11(4)17)15(19)20/h5-7,10-11,13-14,16-18H,1-4H3,(H,19,20). The monoisotopic (exact) mass is 281 g/mol. The molecular weight excluding hydrogens is 258 g/mol. The van der Waals surface area contributed by atoms with E-state index in [0.717, 1.165) is 16.7 Å². The summed E-state index contributed by atoms with van der Waals surface area (Å²) in [6.45, 7) is 7.04. The maximum Gasteiger partial charge on any atom is 0.323 e. The van der Waals surface area contributed by atoms with Crippen LogP contribution in [0, 0.1) is 13.8 Å². The number of carbonyl (C=O) groups is 1. The van der Waals surface area contributed by atoms with E-state index in [1.54, 1.807) is 6.92 Å². The normalized spacial score (nSPS) is 17.3. The fourth-order valence-electron chi connectivity index (χ4n) is 2.03. The lowest BCUT2D eigenvalue weighted by molar-refractivity contribution is -0.142. The van der Waals surface area contributed by atoms with Crippen molar-refractivity contribution in [1.29, 1.82) is 0 Å². The molecule has 0 radical (unpaired) electrons. The summed E-state index contributed by atoms with van der Waals surface area (Å²) in [6.07, 6.45) is -1.88. The molecule has 0 aliphatic rings. The highest BCUT2D eigenvalue weighted by Crippen LogP contribution is 2.20. The van der Waals surface area contributed by atoms with E-state index in [-0.39, 0.29) is 0 Å². The predicted octanol–water partition coefficient (Wildman–Crippen LogP) is 1.15. The van der Waals surface area contributed by atoms with Gasteiger partial charge < -0.3 is 15.3 Å². The van der Waals surface area contributed by atoms with Crippen molar-refractivity contribution in [2.75, 3.05) is 0 Å². The van der Waals surface area contributed by atoms with Gasteiger partial charge in [-0.2, -0.15) is 0 Å². The summed E-state index contributed by atoms with van der Waals surface area (Å²) in [5.41, 5.74) is 2.93. The van der Waals surface area contributed by atoms with Crippen molar-refractivity contribution in [2.24, 2.45) is 0 Å². The van der Waals surface area contributed by atoms with Gasteiger partial charge in [0.25, 0.3) is 0 Å². The Morgan fingerprint density at radius 2 is 1.75 bits per heavy atom. The Bertz CT molecular complexity index is 473. The van der Waals surface area contributed by atoms with Gasteiger partial charge in [0.2, 0.25) is 0 Å². The van der Waals surface area contributed by atoms with Crippen molar-refractivity contribution in [3.8, 4) is 0 Å². The second-order valence-electron chi connectivity index (χ2n) is 5.30. The first-order valence-corrected chi connectivity index (χ1v) is 6.66. The Morgan fingerprint density at radius 3 is 2.20 bits per heavy atom. The number of carboxylic acids is 1. The van der Waals surface area contributed by atoms with Crippen LogP contribution in [0.1, 0.15) is 36.6 Å². The molecular formula is C15H23NO4. The Morgan fingerprint density at radius 1 is 1.15 bits per heavy atom. The molecule has 5 heteroatoms. The van der Waals surface area contributed by atoms with Crippen LogP contribution in [-0.4, -0.2) is 39.5 Å². The highest BCUT2D eigenvalue weighted by molar-refractivity contribution is 5.74. The third kappa shape index (κ3) is 4.03. The Hall–Kier alpha value is -1.43. The van der Waals surface area contributed by atoms with Crippen molar-refractivity contribution in [1.82, 2.24) is 5.32 Å². The van der Waals surface area contributed by atoms with Crippen LogP contribution >= 0.6 is 0 Å². The van der Waals surface area contributed by atoms with Gasteiger partial charge in [-0.25, -0.2) is 0 Å². The second-order valence-corrected chi connectivity index (χ2v) is 5.30. The summed E-state index contributed by atoms with van der Waals surface area (Å²) in [7, 11) is 0. The maximum atomic E-state index is 11.0. The Labute approximate surface area is 119 Å². The number of rotatable bonds is 6. The smallest absolute Gasteiger partial charge is 0.323 e. The molecule has 1 aromatic carbocycles. The van der Waals surface area contributed by atoms with Crippen LogP contribution in [0.15, 0.2) is 18.2 Å². The van der Waals surface area contributed by atoms with Crippen LogP contribution in [0.5, 0.6) is 0 Å². The summed E-state index contributed by atoms with van der Waals surface area (Å²) in [4.78, 5) is 11.0. The van der Waals surface area contributed by atoms with Crippen molar-refractivity contribution in [3.63, 3.8) is 0 Å².